The highest BCUT2D eigenvalue weighted by Crippen LogP contribution is 2.61. The van der Waals surface area contributed by atoms with E-state index in [1.807, 2.05) is 0 Å². The van der Waals surface area contributed by atoms with Gasteiger partial charge in [-0.05, 0) is 20.3 Å². The second kappa shape index (κ2) is 3.09. The van der Waals surface area contributed by atoms with E-state index in [4.69, 9.17) is 33.0 Å². The van der Waals surface area contributed by atoms with Crippen molar-refractivity contribution in [2.24, 2.45) is 5.92 Å². The average Bonchev–Trinajstić information content (AvgIpc) is 2.33. The normalized spacial score (nSPS) is 27.4. The number of hydrogen-bond acceptors (Lipinski definition) is 2. The minimum Gasteiger partial charge on any atom is -0.303 e. The van der Waals surface area contributed by atoms with Crippen molar-refractivity contribution in [2.75, 3.05) is 0 Å². The number of rotatable bonds is 3. The molecule has 1 unspecified atom stereocenters. The molecule has 0 spiro atoms. The van der Waals surface area contributed by atoms with E-state index in [1.165, 1.54) is 0 Å². The monoisotopic (exact) mass is 248 g/mol. The van der Waals surface area contributed by atoms with Gasteiger partial charge in [0, 0.05) is 5.92 Å². The molecule has 0 amide bonds. The van der Waals surface area contributed by atoms with Gasteiger partial charge in [0.25, 0.3) is 0 Å². The third-order valence-electron chi connectivity index (χ3n) is 2.02. The molecule has 1 fully saturated rings. The molecule has 0 heterocycles. The zero-order valence-corrected chi connectivity index (χ0v) is 9.60. The number of alkyl halides is 2. The molecule has 1 aliphatic carbocycles. The molecule has 1 aliphatic rings. The predicted octanol–water partition coefficient (Wildman–Crippen LogP) is 2.07. The van der Waals surface area contributed by atoms with Crippen molar-refractivity contribution in [1.29, 1.82) is 0 Å². The summed E-state index contributed by atoms with van der Waals surface area (Å²) in [5.41, 5.74) is -0.997. The van der Waals surface area contributed by atoms with Gasteiger partial charge in [0.05, 0.1) is 5.60 Å². The second-order valence-electron chi connectivity index (χ2n) is 3.70. The van der Waals surface area contributed by atoms with Crippen molar-refractivity contribution in [2.45, 2.75) is 30.2 Å². The van der Waals surface area contributed by atoms with Crippen molar-refractivity contribution in [3.05, 3.63) is 0 Å². The maximum absolute atomic E-state index is 10.6. The molecule has 1 atom stereocenters. The van der Waals surface area contributed by atoms with E-state index in [2.05, 4.69) is 4.52 Å². The highest BCUT2D eigenvalue weighted by atomic mass is 35.5. The van der Waals surface area contributed by atoms with Gasteiger partial charge in [0.2, 0.25) is 0 Å². The van der Waals surface area contributed by atoms with Gasteiger partial charge in [-0.2, -0.15) is 0 Å². The summed E-state index contributed by atoms with van der Waals surface area (Å²) < 4.78 is 14.3. The van der Waals surface area contributed by atoms with E-state index in [9.17, 15) is 4.57 Å². The lowest BCUT2D eigenvalue weighted by molar-refractivity contribution is 0.0460. The Morgan fingerprint density at radius 3 is 2.15 bits per heavy atom. The van der Waals surface area contributed by atoms with E-state index >= 15 is 0 Å². The Morgan fingerprint density at radius 2 is 1.92 bits per heavy atom. The number of phosphoric ester groups is 1. The third-order valence-corrected chi connectivity index (χ3v) is 3.56. The SMILES string of the molecule is CC(C)(OP(=O)(O)O)C1CC1(Cl)Cl. The molecule has 0 aliphatic heterocycles. The summed E-state index contributed by atoms with van der Waals surface area (Å²) in [6.45, 7) is 3.12. The Balaban J connectivity index is 2.64. The van der Waals surface area contributed by atoms with E-state index in [0.29, 0.717) is 6.42 Å². The fourth-order valence-corrected chi connectivity index (χ4v) is 2.91. The molecule has 4 nitrogen and oxygen atoms in total. The Hall–Kier alpha value is 0.690. The minimum atomic E-state index is -4.47. The van der Waals surface area contributed by atoms with E-state index < -0.39 is 17.8 Å². The maximum atomic E-state index is 10.6. The summed E-state index contributed by atoms with van der Waals surface area (Å²) in [4.78, 5) is 17.2. The molecule has 78 valence electrons. The van der Waals surface area contributed by atoms with Crippen LogP contribution in [0.1, 0.15) is 20.3 Å². The number of phosphoric acid groups is 1. The van der Waals surface area contributed by atoms with E-state index in [1.54, 1.807) is 13.8 Å². The van der Waals surface area contributed by atoms with Crippen LogP contribution in [0, 0.1) is 5.92 Å². The lowest BCUT2D eigenvalue weighted by atomic mass is 10.0. The summed E-state index contributed by atoms with van der Waals surface area (Å²) in [6.07, 6.45) is 0.489. The smallest absolute Gasteiger partial charge is 0.303 e. The van der Waals surface area contributed by atoms with Gasteiger partial charge < -0.3 is 9.79 Å². The lowest BCUT2D eigenvalue weighted by Crippen LogP contribution is -2.28. The molecule has 1 saturated carbocycles. The summed E-state index contributed by atoms with van der Waals surface area (Å²) in [7, 11) is -4.47. The van der Waals surface area contributed by atoms with Crippen LogP contribution in [0.5, 0.6) is 0 Å². The van der Waals surface area contributed by atoms with Crippen LogP contribution >= 0.6 is 31.0 Å². The summed E-state index contributed by atoms with van der Waals surface area (Å²) in [5.74, 6) is -0.240. The Morgan fingerprint density at radius 1 is 1.54 bits per heavy atom. The molecule has 0 saturated heterocycles. The standard InChI is InChI=1S/C6H11Cl2O4P/c1-5(2,12-13(9,10)11)4-3-6(4,7)8/h4H,3H2,1-2H3,(H2,9,10,11). The van der Waals surface area contributed by atoms with Gasteiger partial charge in [-0.25, -0.2) is 4.57 Å². The highest BCUT2D eigenvalue weighted by molar-refractivity contribution is 7.46. The van der Waals surface area contributed by atoms with Crippen molar-refractivity contribution < 1.29 is 18.9 Å². The number of halogens is 2. The molecular weight excluding hydrogens is 238 g/mol. The molecule has 1 rings (SSSR count). The van der Waals surface area contributed by atoms with E-state index in [0.717, 1.165) is 0 Å². The van der Waals surface area contributed by atoms with Gasteiger partial charge in [-0.1, -0.05) is 0 Å². The van der Waals surface area contributed by atoms with Gasteiger partial charge in [0.1, 0.15) is 4.33 Å². The molecule has 0 aromatic rings. The molecule has 13 heavy (non-hydrogen) atoms. The predicted molar refractivity (Wildman–Crippen MR) is 49.8 cm³/mol. The largest absolute Gasteiger partial charge is 0.470 e. The summed E-state index contributed by atoms with van der Waals surface area (Å²) >= 11 is 11.5. The van der Waals surface area contributed by atoms with Crippen LogP contribution in [-0.2, 0) is 9.09 Å². The van der Waals surface area contributed by atoms with Crippen LogP contribution in [0.4, 0.5) is 0 Å². The van der Waals surface area contributed by atoms with Crippen molar-refractivity contribution >= 4 is 31.0 Å². The molecule has 0 radical (unpaired) electrons. The summed E-state index contributed by atoms with van der Waals surface area (Å²) in [6, 6.07) is 0. The van der Waals surface area contributed by atoms with Gasteiger partial charge in [-0.15, -0.1) is 23.2 Å². The first-order chi connectivity index (χ1) is 5.55. The van der Waals surface area contributed by atoms with Gasteiger partial charge in [-0.3, -0.25) is 4.52 Å². The van der Waals surface area contributed by atoms with Crippen molar-refractivity contribution in [1.82, 2.24) is 0 Å². The second-order valence-corrected chi connectivity index (χ2v) is 6.41. The first kappa shape index (κ1) is 11.8. The molecule has 7 heteroatoms. The lowest BCUT2D eigenvalue weighted by Gasteiger charge is -2.25. The van der Waals surface area contributed by atoms with Crippen LogP contribution in [0.25, 0.3) is 0 Å². The molecule has 0 aromatic heterocycles. The van der Waals surface area contributed by atoms with Crippen LogP contribution in [0.2, 0.25) is 0 Å². The van der Waals surface area contributed by atoms with Crippen LogP contribution < -0.4 is 0 Å². The zero-order chi connectivity index (χ0) is 10.5. The molecular formula is C6H11Cl2O4P. The van der Waals surface area contributed by atoms with Crippen LogP contribution in [-0.4, -0.2) is 19.7 Å². The average molecular weight is 249 g/mol. The quantitative estimate of drug-likeness (QED) is 0.593. The zero-order valence-electron chi connectivity index (χ0n) is 7.20. The highest BCUT2D eigenvalue weighted by Gasteiger charge is 2.61. The Labute approximate surface area is 86.4 Å². The van der Waals surface area contributed by atoms with Crippen molar-refractivity contribution in [3.63, 3.8) is 0 Å². The maximum Gasteiger partial charge on any atom is 0.470 e. The first-order valence-electron chi connectivity index (χ1n) is 3.69. The minimum absolute atomic E-state index is 0.240. The Kier molecular flexibility index (Phi) is 2.80. The van der Waals surface area contributed by atoms with Crippen LogP contribution in [0.15, 0.2) is 0 Å². The van der Waals surface area contributed by atoms with Gasteiger partial charge in [0.15, 0.2) is 0 Å². The first-order valence-corrected chi connectivity index (χ1v) is 5.97. The summed E-state index contributed by atoms with van der Waals surface area (Å²) in [5, 5.41) is 0. The van der Waals surface area contributed by atoms with Crippen LogP contribution in [0.3, 0.4) is 0 Å². The molecule has 2 N–H and O–H groups in total. The fourth-order valence-electron chi connectivity index (χ4n) is 1.34. The fraction of sp³-hybridized carbons (Fsp3) is 1.00. The third kappa shape index (κ3) is 3.08. The molecule has 0 aromatic carbocycles. The molecule has 0 bridgehead atoms. The van der Waals surface area contributed by atoms with Gasteiger partial charge >= 0.3 is 7.82 Å². The number of hydrogen-bond donors (Lipinski definition) is 2. The van der Waals surface area contributed by atoms with Crippen molar-refractivity contribution in [3.8, 4) is 0 Å². The Bertz CT molecular complexity index is 259. The topological polar surface area (TPSA) is 66.8 Å². The van der Waals surface area contributed by atoms with E-state index in [-0.39, 0.29) is 5.92 Å².